The Labute approximate surface area is 144 Å². The Kier molecular flexibility index (Phi) is 5.48. The SMILES string of the molecule is Cc1cccc(NC(=O)/C(C#N)=C\Nc2cccc([N+](=O)[O-])c2)c1C. The van der Waals surface area contributed by atoms with Gasteiger partial charge in [0.15, 0.2) is 0 Å². The van der Waals surface area contributed by atoms with E-state index in [-0.39, 0.29) is 11.3 Å². The summed E-state index contributed by atoms with van der Waals surface area (Å²) >= 11 is 0. The van der Waals surface area contributed by atoms with Crippen LogP contribution in [-0.2, 0) is 4.79 Å². The molecular weight excluding hydrogens is 320 g/mol. The molecule has 2 N–H and O–H groups in total. The highest BCUT2D eigenvalue weighted by Gasteiger charge is 2.12. The van der Waals surface area contributed by atoms with Gasteiger partial charge in [0.25, 0.3) is 11.6 Å². The van der Waals surface area contributed by atoms with E-state index < -0.39 is 10.8 Å². The minimum Gasteiger partial charge on any atom is -0.360 e. The van der Waals surface area contributed by atoms with Crippen molar-refractivity contribution in [3.63, 3.8) is 0 Å². The lowest BCUT2D eigenvalue weighted by molar-refractivity contribution is -0.384. The second kappa shape index (κ2) is 7.75. The van der Waals surface area contributed by atoms with Crippen LogP contribution in [0, 0.1) is 35.3 Å². The van der Waals surface area contributed by atoms with Gasteiger partial charge in [-0.1, -0.05) is 18.2 Å². The van der Waals surface area contributed by atoms with Gasteiger partial charge in [0, 0.05) is 29.7 Å². The number of carbonyl (C=O) groups is 1. The largest absolute Gasteiger partial charge is 0.360 e. The van der Waals surface area contributed by atoms with Crippen molar-refractivity contribution in [1.29, 1.82) is 5.26 Å². The maximum Gasteiger partial charge on any atom is 0.271 e. The van der Waals surface area contributed by atoms with Crippen molar-refractivity contribution in [2.75, 3.05) is 10.6 Å². The molecule has 1 amide bonds. The summed E-state index contributed by atoms with van der Waals surface area (Å²) < 4.78 is 0. The number of anilines is 2. The quantitative estimate of drug-likeness (QED) is 0.375. The molecule has 0 heterocycles. The zero-order valence-electron chi connectivity index (χ0n) is 13.7. The van der Waals surface area contributed by atoms with Gasteiger partial charge in [-0.2, -0.15) is 5.26 Å². The molecular formula is C18H16N4O3. The normalized spacial score (nSPS) is 10.7. The molecule has 0 saturated heterocycles. The number of aryl methyl sites for hydroxylation is 1. The molecule has 2 aromatic rings. The van der Waals surface area contributed by atoms with Gasteiger partial charge in [0.1, 0.15) is 11.6 Å². The van der Waals surface area contributed by atoms with Gasteiger partial charge in [0.2, 0.25) is 0 Å². The summed E-state index contributed by atoms with van der Waals surface area (Å²) in [6.07, 6.45) is 1.22. The summed E-state index contributed by atoms with van der Waals surface area (Å²) in [4.78, 5) is 22.5. The molecule has 0 spiro atoms. The number of nitro benzene ring substituents is 1. The molecule has 25 heavy (non-hydrogen) atoms. The van der Waals surface area contributed by atoms with Gasteiger partial charge < -0.3 is 10.6 Å². The van der Waals surface area contributed by atoms with Crippen molar-refractivity contribution in [2.45, 2.75) is 13.8 Å². The van der Waals surface area contributed by atoms with Crippen LogP contribution >= 0.6 is 0 Å². The number of hydrogen-bond donors (Lipinski definition) is 2. The minimum atomic E-state index is -0.561. The first-order chi connectivity index (χ1) is 11.9. The lowest BCUT2D eigenvalue weighted by Crippen LogP contribution is -2.15. The minimum absolute atomic E-state index is 0.0863. The predicted octanol–water partition coefficient (Wildman–Crippen LogP) is 3.67. The van der Waals surface area contributed by atoms with Crippen LogP contribution in [0.1, 0.15) is 11.1 Å². The summed E-state index contributed by atoms with van der Waals surface area (Å²) in [5, 5.41) is 25.4. The first-order valence-corrected chi connectivity index (χ1v) is 7.41. The van der Waals surface area contributed by atoms with Crippen LogP contribution in [-0.4, -0.2) is 10.8 Å². The van der Waals surface area contributed by atoms with Crippen LogP contribution in [0.3, 0.4) is 0 Å². The molecule has 0 radical (unpaired) electrons. The fraction of sp³-hybridized carbons (Fsp3) is 0.111. The third-order valence-corrected chi connectivity index (χ3v) is 3.66. The first kappa shape index (κ1) is 17.7. The summed E-state index contributed by atoms with van der Waals surface area (Å²) in [7, 11) is 0. The number of nitrogens with one attached hydrogen (secondary N) is 2. The van der Waals surface area contributed by atoms with E-state index in [4.69, 9.17) is 0 Å². The smallest absolute Gasteiger partial charge is 0.271 e. The predicted molar refractivity (Wildman–Crippen MR) is 95.0 cm³/mol. The van der Waals surface area contributed by atoms with Crippen molar-refractivity contribution >= 4 is 23.0 Å². The first-order valence-electron chi connectivity index (χ1n) is 7.41. The van der Waals surface area contributed by atoms with Crippen molar-refractivity contribution < 1.29 is 9.72 Å². The fourth-order valence-electron chi connectivity index (χ4n) is 2.09. The number of hydrogen-bond acceptors (Lipinski definition) is 5. The third kappa shape index (κ3) is 4.42. The van der Waals surface area contributed by atoms with Gasteiger partial charge in [-0.25, -0.2) is 0 Å². The summed E-state index contributed by atoms with van der Waals surface area (Å²) in [5.41, 5.74) is 2.74. The molecule has 2 aromatic carbocycles. The number of rotatable bonds is 5. The number of non-ortho nitro benzene ring substituents is 1. The monoisotopic (exact) mass is 336 g/mol. The molecule has 0 unspecified atom stereocenters. The van der Waals surface area contributed by atoms with E-state index in [0.29, 0.717) is 11.4 Å². The lowest BCUT2D eigenvalue weighted by atomic mass is 10.1. The second-order valence-corrected chi connectivity index (χ2v) is 5.32. The molecule has 2 rings (SSSR count). The lowest BCUT2D eigenvalue weighted by Gasteiger charge is -2.10. The highest BCUT2D eigenvalue weighted by atomic mass is 16.6. The molecule has 0 aliphatic rings. The Morgan fingerprint density at radius 2 is 1.96 bits per heavy atom. The van der Waals surface area contributed by atoms with Crippen molar-refractivity contribution in [3.8, 4) is 6.07 Å². The van der Waals surface area contributed by atoms with E-state index >= 15 is 0 Å². The fourth-order valence-corrected chi connectivity index (χ4v) is 2.09. The van der Waals surface area contributed by atoms with Crippen LogP contribution < -0.4 is 10.6 Å². The van der Waals surface area contributed by atoms with Gasteiger partial charge in [-0.3, -0.25) is 14.9 Å². The highest BCUT2D eigenvalue weighted by Crippen LogP contribution is 2.19. The maximum absolute atomic E-state index is 12.3. The van der Waals surface area contributed by atoms with E-state index in [2.05, 4.69) is 10.6 Å². The third-order valence-electron chi connectivity index (χ3n) is 3.66. The number of benzene rings is 2. The molecule has 7 heteroatoms. The van der Waals surface area contributed by atoms with Crippen molar-refractivity contribution in [3.05, 3.63) is 75.5 Å². The number of amides is 1. The van der Waals surface area contributed by atoms with Gasteiger partial charge in [0.05, 0.1) is 4.92 Å². The Bertz CT molecular complexity index is 897. The van der Waals surface area contributed by atoms with E-state index in [1.807, 2.05) is 32.0 Å². The average Bonchev–Trinajstić information content (AvgIpc) is 2.59. The topological polar surface area (TPSA) is 108 Å². The van der Waals surface area contributed by atoms with Crippen molar-refractivity contribution in [1.82, 2.24) is 0 Å². The van der Waals surface area contributed by atoms with E-state index in [1.54, 1.807) is 12.1 Å². The molecule has 7 nitrogen and oxygen atoms in total. The zero-order valence-corrected chi connectivity index (χ0v) is 13.7. The number of nitriles is 1. The zero-order chi connectivity index (χ0) is 18.4. The Hall–Kier alpha value is -3.66. The van der Waals surface area contributed by atoms with Crippen LogP contribution in [0.15, 0.2) is 54.2 Å². The summed E-state index contributed by atoms with van der Waals surface area (Å²) in [6, 6.07) is 13.1. The van der Waals surface area contributed by atoms with Crippen LogP contribution in [0.2, 0.25) is 0 Å². The molecule has 0 bridgehead atoms. The average molecular weight is 336 g/mol. The van der Waals surface area contributed by atoms with Crippen LogP contribution in [0.25, 0.3) is 0 Å². The number of nitro groups is 1. The Balaban J connectivity index is 2.16. The van der Waals surface area contributed by atoms with E-state index in [9.17, 15) is 20.2 Å². The number of carbonyl (C=O) groups excluding carboxylic acids is 1. The molecule has 0 aliphatic carbocycles. The molecule has 126 valence electrons. The second-order valence-electron chi connectivity index (χ2n) is 5.32. The number of nitrogens with zero attached hydrogens (tertiary/aromatic N) is 2. The van der Waals surface area contributed by atoms with E-state index in [1.165, 1.54) is 24.4 Å². The van der Waals surface area contributed by atoms with E-state index in [0.717, 1.165) is 11.1 Å². The molecule has 0 aromatic heterocycles. The standard InChI is InChI=1S/C18H16N4O3/c1-12-5-3-8-17(13(12)2)21-18(23)14(10-19)11-20-15-6-4-7-16(9-15)22(24)25/h3-9,11,20H,1-2H3,(H,21,23)/b14-11-. The summed E-state index contributed by atoms with van der Waals surface area (Å²) in [5.74, 6) is -0.561. The molecule has 0 aliphatic heterocycles. The van der Waals surface area contributed by atoms with Crippen molar-refractivity contribution in [2.24, 2.45) is 0 Å². The molecule has 0 fully saturated rings. The van der Waals surface area contributed by atoms with Crippen LogP contribution in [0.4, 0.5) is 17.1 Å². The maximum atomic E-state index is 12.3. The van der Waals surface area contributed by atoms with Crippen LogP contribution in [0.5, 0.6) is 0 Å². The van der Waals surface area contributed by atoms with Gasteiger partial charge in [-0.05, 0) is 37.1 Å². The summed E-state index contributed by atoms with van der Waals surface area (Å²) in [6.45, 7) is 3.80. The Morgan fingerprint density at radius 3 is 2.64 bits per heavy atom. The molecule has 0 atom stereocenters. The van der Waals surface area contributed by atoms with Gasteiger partial charge >= 0.3 is 0 Å². The molecule has 0 saturated carbocycles. The highest BCUT2D eigenvalue weighted by molar-refractivity contribution is 6.07. The van der Waals surface area contributed by atoms with Gasteiger partial charge in [-0.15, -0.1) is 0 Å². The Morgan fingerprint density at radius 1 is 1.24 bits per heavy atom.